The molecule has 0 saturated carbocycles. The Bertz CT molecular complexity index is 623. The molecule has 0 saturated heterocycles. The van der Waals surface area contributed by atoms with Gasteiger partial charge in [0.2, 0.25) is 0 Å². The van der Waals surface area contributed by atoms with Crippen molar-refractivity contribution in [2.24, 2.45) is 0 Å². The van der Waals surface area contributed by atoms with Crippen molar-refractivity contribution < 1.29 is 17.6 Å². The van der Waals surface area contributed by atoms with Crippen molar-refractivity contribution in [2.45, 2.75) is 12.2 Å². The van der Waals surface area contributed by atoms with Gasteiger partial charge >= 0.3 is 6.18 Å². The van der Waals surface area contributed by atoms with Gasteiger partial charge in [-0.2, -0.15) is 13.2 Å². The molecule has 0 fully saturated rings. The molecule has 1 heterocycles. The first kappa shape index (κ1) is 15.9. The number of nitrogens with zero attached hydrogens (tertiary/aromatic N) is 1. The summed E-state index contributed by atoms with van der Waals surface area (Å²) < 4.78 is 53.2. The summed E-state index contributed by atoms with van der Waals surface area (Å²) in [5.41, 5.74) is -0.467. The highest BCUT2D eigenvalue weighted by atomic mass is 79.9. The summed E-state index contributed by atoms with van der Waals surface area (Å²) >= 11 is 3.14. The van der Waals surface area contributed by atoms with E-state index in [2.05, 4.69) is 26.2 Å². The van der Waals surface area contributed by atoms with Gasteiger partial charge in [-0.25, -0.2) is 4.39 Å². The zero-order chi connectivity index (χ0) is 15.6. The van der Waals surface area contributed by atoms with E-state index in [-0.39, 0.29) is 5.56 Å². The molecule has 1 aromatic carbocycles. The van der Waals surface area contributed by atoms with Gasteiger partial charge < -0.3 is 5.32 Å². The maximum Gasteiger partial charge on any atom is 0.416 e. The second kappa shape index (κ2) is 6.11. The summed E-state index contributed by atoms with van der Waals surface area (Å²) in [5, 5.41) is 2.77. The van der Waals surface area contributed by atoms with Crippen molar-refractivity contribution in [1.82, 2.24) is 10.3 Å². The first-order chi connectivity index (χ1) is 9.82. The lowest BCUT2D eigenvalue weighted by Gasteiger charge is -2.21. The molecule has 112 valence electrons. The number of pyridine rings is 1. The zero-order valence-corrected chi connectivity index (χ0v) is 12.5. The number of halogens is 5. The number of benzene rings is 1. The van der Waals surface area contributed by atoms with Crippen molar-refractivity contribution in [3.8, 4) is 0 Å². The first-order valence-corrected chi connectivity index (χ1v) is 6.76. The van der Waals surface area contributed by atoms with Crippen LogP contribution in [0.4, 0.5) is 17.6 Å². The van der Waals surface area contributed by atoms with Crippen LogP contribution in [0, 0.1) is 5.82 Å². The van der Waals surface area contributed by atoms with Gasteiger partial charge in [-0.3, -0.25) is 4.98 Å². The Labute approximate surface area is 127 Å². The molecule has 0 aliphatic rings. The maximum atomic E-state index is 13.5. The Kier molecular flexibility index (Phi) is 4.63. The average Bonchev–Trinajstić information content (AvgIpc) is 2.38. The third kappa shape index (κ3) is 3.59. The highest BCUT2D eigenvalue weighted by Gasteiger charge is 2.35. The molecular weight excluding hydrogens is 352 g/mol. The van der Waals surface area contributed by atoms with Gasteiger partial charge in [0, 0.05) is 22.4 Å². The number of aromatic nitrogens is 1. The number of nitrogens with one attached hydrogen (secondary N) is 1. The third-order valence-electron chi connectivity index (χ3n) is 2.98. The van der Waals surface area contributed by atoms with Gasteiger partial charge in [0.1, 0.15) is 5.82 Å². The van der Waals surface area contributed by atoms with Crippen LogP contribution in [0.3, 0.4) is 0 Å². The predicted molar refractivity (Wildman–Crippen MR) is 74.2 cm³/mol. The van der Waals surface area contributed by atoms with Gasteiger partial charge in [0.05, 0.1) is 11.6 Å². The van der Waals surface area contributed by atoms with Crippen LogP contribution in [0.5, 0.6) is 0 Å². The van der Waals surface area contributed by atoms with Gasteiger partial charge in [0.25, 0.3) is 0 Å². The van der Waals surface area contributed by atoms with Gasteiger partial charge in [0.15, 0.2) is 0 Å². The summed E-state index contributed by atoms with van der Waals surface area (Å²) in [4.78, 5) is 3.75. The van der Waals surface area contributed by atoms with Crippen molar-refractivity contribution in [3.63, 3.8) is 0 Å². The van der Waals surface area contributed by atoms with E-state index >= 15 is 0 Å². The molecule has 1 atom stereocenters. The monoisotopic (exact) mass is 362 g/mol. The summed E-state index contributed by atoms with van der Waals surface area (Å²) in [5.74, 6) is -0.530. The van der Waals surface area contributed by atoms with Crippen LogP contribution in [-0.4, -0.2) is 12.0 Å². The van der Waals surface area contributed by atoms with Crippen LogP contribution in [-0.2, 0) is 6.18 Å². The predicted octanol–water partition coefficient (Wildman–Crippen LogP) is 4.31. The fourth-order valence-electron chi connectivity index (χ4n) is 2.14. The largest absolute Gasteiger partial charge is 0.416 e. The fraction of sp³-hybridized carbons (Fsp3) is 0.214. The second-order valence-corrected chi connectivity index (χ2v) is 5.30. The maximum absolute atomic E-state index is 13.5. The van der Waals surface area contributed by atoms with Crippen LogP contribution in [0.1, 0.15) is 22.7 Å². The summed E-state index contributed by atoms with van der Waals surface area (Å²) in [6, 6.07) is 4.09. The highest BCUT2D eigenvalue weighted by Crippen LogP contribution is 2.36. The minimum Gasteiger partial charge on any atom is -0.309 e. The molecular formula is C14H11BrF4N2. The molecule has 1 N–H and O–H groups in total. The highest BCUT2D eigenvalue weighted by molar-refractivity contribution is 9.10. The number of hydrogen-bond donors (Lipinski definition) is 1. The van der Waals surface area contributed by atoms with E-state index in [0.717, 1.165) is 18.5 Å². The van der Waals surface area contributed by atoms with E-state index in [1.807, 2.05) is 0 Å². The van der Waals surface area contributed by atoms with Crippen LogP contribution in [0.15, 0.2) is 41.1 Å². The Hall–Kier alpha value is -1.47. The molecule has 0 spiro atoms. The van der Waals surface area contributed by atoms with E-state index in [1.54, 1.807) is 6.07 Å². The first-order valence-electron chi connectivity index (χ1n) is 5.97. The molecule has 1 unspecified atom stereocenters. The van der Waals surface area contributed by atoms with E-state index in [4.69, 9.17) is 0 Å². The smallest absolute Gasteiger partial charge is 0.309 e. The van der Waals surface area contributed by atoms with E-state index in [0.29, 0.717) is 10.0 Å². The Morgan fingerprint density at radius 1 is 1.24 bits per heavy atom. The molecule has 2 rings (SSSR count). The molecule has 0 bridgehead atoms. The van der Waals surface area contributed by atoms with E-state index < -0.39 is 23.6 Å². The summed E-state index contributed by atoms with van der Waals surface area (Å²) in [6.07, 6.45) is -2.28. The lowest BCUT2D eigenvalue weighted by Crippen LogP contribution is -2.22. The number of rotatable bonds is 3. The SMILES string of the molecule is CNC(c1cc(F)cc(Br)c1)c1cnccc1C(F)(F)F. The van der Waals surface area contributed by atoms with Gasteiger partial charge in [-0.05, 0) is 36.9 Å². The van der Waals surface area contributed by atoms with Crippen molar-refractivity contribution in [1.29, 1.82) is 0 Å². The number of alkyl halides is 3. The van der Waals surface area contributed by atoms with Crippen LogP contribution in [0.25, 0.3) is 0 Å². The molecule has 0 aliphatic carbocycles. The topological polar surface area (TPSA) is 24.9 Å². The standard InChI is InChI=1S/C14H11BrF4N2/c1-20-13(8-4-9(15)6-10(16)5-8)11-7-21-3-2-12(11)14(17,18)19/h2-7,13,20H,1H3. The third-order valence-corrected chi connectivity index (χ3v) is 3.43. The van der Waals surface area contributed by atoms with Crippen LogP contribution < -0.4 is 5.32 Å². The van der Waals surface area contributed by atoms with E-state index in [9.17, 15) is 17.6 Å². The zero-order valence-electron chi connectivity index (χ0n) is 10.9. The number of hydrogen-bond acceptors (Lipinski definition) is 2. The minimum absolute atomic E-state index is 0.0509. The average molecular weight is 363 g/mol. The van der Waals surface area contributed by atoms with Crippen molar-refractivity contribution >= 4 is 15.9 Å². The van der Waals surface area contributed by atoms with Crippen molar-refractivity contribution in [3.05, 3.63) is 63.6 Å². The molecule has 21 heavy (non-hydrogen) atoms. The molecule has 7 heteroatoms. The van der Waals surface area contributed by atoms with Gasteiger partial charge in [-0.15, -0.1) is 0 Å². The summed E-state index contributed by atoms with van der Waals surface area (Å²) in [6.45, 7) is 0. The van der Waals surface area contributed by atoms with E-state index in [1.165, 1.54) is 19.2 Å². The van der Waals surface area contributed by atoms with Crippen LogP contribution in [0.2, 0.25) is 0 Å². The molecule has 0 radical (unpaired) electrons. The Balaban J connectivity index is 2.57. The fourth-order valence-corrected chi connectivity index (χ4v) is 2.62. The Morgan fingerprint density at radius 3 is 2.52 bits per heavy atom. The molecule has 0 aliphatic heterocycles. The molecule has 2 nitrogen and oxygen atoms in total. The minimum atomic E-state index is -4.50. The van der Waals surface area contributed by atoms with Gasteiger partial charge in [-0.1, -0.05) is 15.9 Å². The molecule has 1 aromatic heterocycles. The van der Waals surface area contributed by atoms with Crippen molar-refractivity contribution in [2.75, 3.05) is 7.05 Å². The molecule has 0 amide bonds. The lowest BCUT2D eigenvalue weighted by molar-refractivity contribution is -0.138. The lowest BCUT2D eigenvalue weighted by atomic mass is 9.96. The molecule has 2 aromatic rings. The normalized spacial score (nSPS) is 13.2. The Morgan fingerprint density at radius 2 is 1.95 bits per heavy atom. The summed E-state index contributed by atoms with van der Waals surface area (Å²) in [7, 11) is 1.51. The quantitative estimate of drug-likeness (QED) is 0.823. The van der Waals surface area contributed by atoms with Crippen LogP contribution >= 0.6 is 15.9 Å². The second-order valence-electron chi connectivity index (χ2n) is 4.39.